The van der Waals surface area contributed by atoms with E-state index in [1.54, 1.807) is 0 Å². The van der Waals surface area contributed by atoms with Gasteiger partial charge in [0, 0.05) is 58.6 Å². The van der Waals surface area contributed by atoms with E-state index < -0.39 is 0 Å². The summed E-state index contributed by atoms with van der Waals surface area (Å²) in [6, 6.07) is 22.3. The summed E-state index contributed by atoms with van der Waals surface area (Å²) < 4.78 is 2.41. The number of amides is 1. The minimum absolute atomic E-state index is 0.157. The van der Waals surface area contributed by atoms with E-state index in [4.69, 9.17) is 0 Å². The largest absolute Gasteiger partial charge is 0.378 e. The fourth-order valence-corrected chi connectivity index (χ4v) is 6.70. The van der Waals surface area contributed by atoms with Crippen molar-refractivity contribution in [1.82, 2.24) is 9.47 Å². The summed E-state index contributed by atoms with van der Waals surface area (Å²) in [5.74, 6) is 0.926. The lowest BCUT2D eigenvalue weighted by molar-refractivity contribution is 0.0755. The number of aryl methyl sites for hydroxylation is 1. The van der Waals surface area contributed by atoms with Crippen molar-refractivity contribution < 1.29 is 4.79 Å². The Bertz CT molecular complexity index is 1490. The number of anilines is 1. The first-order chi connectivity index (χ1) is 18.1. The van der Waals surface area contributed by atoms with Gasteiger partial charge in [-0.25, -0.2) is 0 Å². The highest BCUT2D eigenvalue weighted by molar-refractivity contribution is 6.08. The highest BCUT2D eigenvalue weighted by Crippen LogP contribution is 2.50. The Labute approximate surface area is 220 Å². The fraction of sp³-hybridized carbons (Fsp3) is 0.364. The van der Waals surface area contributed by atoms with Gasteiger partial charge in [-0.05, 0) is 79.6 Å². The Morgan fingerprint density at radius 1 is 0.946 bits per heavy atom. The second-order valence-electron chi connectivity index (χ2n) is 10.6. The van der Waals surface area contributed by atoms with Crippen molar-refractivity contribution in [3.05, 3.63) is 89.5 Å². The maximum Gasteiger partial charge on any atom is 0.253 e. The molecule has 190 valence electrons. The fourth-order valence-electron chi connectivity index (χ4n) is 6.70. The first kappa shape index (κ1) is 23.8. The van der Waals surface area contributed by atoms with Gasteiger partial charge in [0.1, 0.15) is 0 Å². The smallest absolute Gasteiger partial charge is 0.253 e. The number of rotatable bonds is 7. The number of allylic oxidation sites excluding steroid dienone is 2. The van der Waals surface area contributed by atoms with E-state index in [2.05, 4.69) is 97.4 Å². The molecule has 1 aromatic heterocycles. The van der Waals surface area contributed by atoms with Crippen LogP contribution in [-0.4, -0.2) is 28.5 Å². The van der Waals surface area contributed by atoms with Gasteiger partial charge in [-0.2, -0.15) is 0 Å². The van der Waals surface area contributed by atoms with Gasteiger partial charge in [0.15, 0.2) is 0 Å². The van der Waals surface area contributed by atoms with Crippen molar-refractivity contribution in [1.29, 1.82) is 0 Å². The number of nitrogens with zero attached hydrogens (tertiary/aromatic N) is 2. The molecule has 4 aromatic rings. The van der Waals surface area contributed by atoms with E-state index >= 15 is 0 Å². The summed E-state index contributed by atoms with van der Waals surface area (Å²) in [7, 11) is 0. The molecule has 0 radical (unpaired) electrons. The Hall–Kier alpha value is -3.53. The number of hydrogen-bond donors (Lipinski definition) is 1. The number of carbonyl (C=O) groups excluding carboxylic acids is 1. The Morgan fingerprint density at radius 3 is 2.51 bits per heavy atom. The molecular formula is C33H37N3O. The molecule has 0 spiro atoms. The monoisotopic (exact) mass is 491 g/mol. The SMILES string of the molecule is CCCN(CCC)C(=O)c1ccc2c(c1)C1C=CCC1C(c1ccc3c(c1)c1ccccc1n3CC)N2. The zero-order valence-corrected chi connectivity index (χ0v) is 22.2. The van der Waals surface area contributed by atoms with Crippen molar-refractivity contribution in [2.75, 3.05) is 18.4 Å². The van der Waals surface area contributed by atoms with E-state index in [9.17, 15) is 4.79 Å². The third kappa shape index (κ3) is 3.94. The molecule has 0 saturated carbocycles. The van der Waals surface area contributed by atoms with Crippen LogP contribution in [0.4, 0.5) is 5.69 Å². The zero-order valence-electron chi connectivity index (χ0n) is 22.2. The first-order valence-corrected chi connectivity index (χ1v) is 14.0. The predicted octanol–water partition coefficient (Wildman–Crippen LogP) is 7.90. The number of carbonyl (C=O) groups is 1. The molecule has 2 heterocycles. The molecule has 0 saturated heterocycles. The molecule has 0 bridgehead atoms. The molecule has 37 heavy (non-hydrogen) atoms. The van der Waals surface area contributed by atoms with E-state index in [1.165, 1.54) is 32.9 Å². The van der Waals surface area contributed by atoms with E-state index in [0.717, 1.165) is 50.1 Å². The van der Waals surface area contributed by atoms with Crippen molar-refractivity contribution in [2.24, 2.45) is 5.92 Å². The predicted molar refractivity (Wildman–Crippen MR) is 154 cm³/mol. The van der Waals surface area contributed by atoms with Crippen LogP contribution in [0.25, 0.3) is 21.8 Å². The van der Waals surface area contributed by atoms with Gasteiger partial charge in [-0.15, -0.1) is 0 Å². The molecule has 3 atom stereocenters. The summed E-state index contributed by atoms with van der Waals surface area (Å²) in [5.41, 5.74) is 7.18. The summed E-state index contributed by atoms with van der Waals surface area (Å²) in [6.45, 7) is 9.08. The van der Waals surface area contributed by atoms with Crippen LogP contribution in [0.15, 0.2) is 72.8 Å². The quantitative estimate of drug-likeness (QED) is 0.267. The molecule has 4 heteroatoms. The lowest BCUT2D eigenvalue weighted by Crippen LogP contribution is -2.33. The molecule has 3 unspecified atom stereocenters. The van der Waals surface area contributed by atoms with E-state index in [-0.39, 0.29) is 11.9 Å². The summed E-state index contributed by atoms with van der Waals surface area (Å²) in [5, 5.41) is 6.55. The number of para-hydroxylation sites is 1. The molecule has 1 amide bonds. The van der Waals surface area contributed by atoms with Crippen LogP contribution in [-0.2, 0) is 6.54 Å². The third-order valence-corrected chi connectivity index (χ3v) is 8.36. The second kappa shape index (κ2) is 9.74. The molecule has 1 aliphatic carbocycles. The average Bonchev–Trinajstić information content (AvgIpc) is 3.55. The van der Waals surface area contributed by atoms with Crippen LogP contribution < -0.4 is 5.32 Å². The van der Waals surface area contributed by atoms with Gasteiger partial charge >= 0.3 is 0 Å². The topological polar surface area (TPSA) is 37.3 Å². The lowest BCUT2D eigenvalue weighted by atomic mass is 9.76. The summed E-state index contributed by atoms with van der Waals surface area (Å²) >= 11 is 0. The summed E-state index contributed by atoms with van der Waals surface area (Å²) in [6.07, 6.45) is 7.70. The second-order valence-corrected chi connectivity index (χ2v) is 10.6. The van der Waals surface area contributed by atoms with Crippen LogP contribution in [0.3, 0.4) is 0 Å². The van der Waals surface area contributed by atoms with Crippen LogP contribution in [0.1, 0.15) is 73.5 Å². The molecule has 1 aliphatic heterocycles. The molecular weight excluding hydrogens is 454 g/mol. The van der Waals surface area contributed by atoms with Gasteiger partial charge in [0.05, 0.1) is 6.04 Å². The lowest BCUT2D eigenvalue weighted by Gasteiger charge is -2.38. The Kier molecular flexibility index (Phi) is 6.27. The Morgan fingerprint density at radius 2 is 1.73 bits per heavy atom. The molecule has 6 rings (SSSR count). The summed E-state index contributed by atoms with van der Waals surface area (Å²) in [4.78, 5) is 15.3. The van der Waals surface area contributed by atoms with Crippen LogP contribution in [0.5, 0.6) is 0 Å². The van der Waals surface area contributed by atoms with Crippen LogP contribution >= 0.6 is 0 Å². The average molecular weight is 492 g/mol. The van der Waals surface area contributed by atoms with E-state index in [0.29, 0.717) is 11.8 Å². The highest BCUT2D eigenvalue weighted by atomic mass is 16.2. The highest BCUT2D eigenvalue weighted by Gasteiger charge is 2.38. The minimum Gasteiger partial charge on any atom is -0.378 e. The number of fused-ring (bicyclic) bond motifs is 6. The minimum atomic E-state index is 0.157. The van der Waals surface area contributed by atoms with Gasteiger partial charge in [0.2, 0.25) is 0 Å². The van der Waals surface area contributed by atoms with Gasteiger partial charge < -0.3 is 14.8 Å². The molecule has 3 aromatic carbocycles. The van der Waals surface area contributed by atoms with Crippen molar-refractivity contribution in [3.8, 4) is 0 Å². The number of hydrogen-bond acceptors (Lipinski definition) is 2. The normalized spacial score (nSPS) is 20.1. The van der Waals surface area contributed by atoms with Crippen molar-refractivity contribution >= 4 is 33.4 Å². The number of benzene rings is 3. The van der Waals surface area contributed by atoms with Gasteiger partial charge in [-0.3, -0.25) is 4.79 Å². The van der Waals surface area contributed by atoms with Gasteiger partial charge in [-0.1, -0.05) is 50.3 Å². The Balaban J connectivity index is 1.38. The standard InChI is InChI=1S/C33H37N3O/c1-4-18-35(19-5-2)33(37)23-14-16-29-27(21-23)24-11-9-12-26(24)32(34-29)22-15-17-31-28(20-22)25-10-7-8-13-30(25)36(31)6-3/h7-11,13-17,20-21,24,26,32,34H,4-6,12,18-19H2,1-3H3. The van der Waals surface area contributed by atoms with Crippen molar-refractivity contribution in [3.63, 3.8) is 0 Å². The first-order valence-electron chi connectivity index (χ1n) is 14.0. The maximum absolute atomic E-state index is 13.3. The van der Waals surface area contributed by atoms with Gasteiger partial charge in [0.25, 0.3) is 5.91 Å². The zero-order chi connectivity index (χ0) is 25.5. The van der Waals surface area contributed by atoms with Crippen LogP contribution in [0.2, 0.25) is 0 Å². The maximum atomic E-state index is 13.3. The molecule has 2 aliphatic rings. The number of aromatic nitrogens is 1. The third-order valence-electron chi connectivity index (χ3n) is 8.36. The molecule has 0 fully saturated rings. The van der Waals surface area contributed by atoms with E-state index in [1.807, 2.05) is 11.0 Å². The molecule has 4 nitrogen and oxygen atoms in total. The number of nitrogens with one attached hydrogen (secondary N) is 1. The molecule has 1 N–H and O–H groups in total. The van der Waals surface area contributed by atoms with Crippen LogP contribution in [0, 0.1) is 5.92 Å². The van der Waals surface area contributed by atoms with Crippen molar-refractivity contribution in [2.45, 2.75) is 58.5 Å².